The molecule has 2 bridgehead atoms. The van der Waals surface area contributed by atoms with Crippen molar-refractivity contribution in [3.05, 3.63) is 42.0 Å². The van der Waals surface area contributed by atoms with E-state index in [0.717, 1.165) is 35.5 Å². The van der Waals surface area contributed by atoms with E-state index in [1.807, 2.05) is 18.2 Å². The van der Waals surface area contributed by atoms with Crippen LogP contribution in [0.1, 0.15) is 18.4 Å². The van der Waals surface area contributed by atoms with E-state index in [1.165, 1.54) is 12.8 Å². The third kappa shape index (κ3) is 3.12. The minimum absolute atomic E-state index is 0.145. The average Bonchev–Trinajstić information content (AvgIpc) is 3.08. The lowest BCUT2D eigenvalue weighted by atomic mass is 9.93. The highest BCUT2D eigenvalue weighted by atomic mass is 16.2. The Hall–Kier alpha value is -1.77. The Morgan fingerprint density at radius 3 is 2.71 bits per heavy atom. The van der Waals surface area contributed by atoms with Crippen molar-refractivity contribution in [1.82, 2.24) is 4.90 Å². The maximum atomic E-state index is 11.9. The average molecular weight is 284 g/mol. The van der Waals surface area contributed by atoms with Gasteiger partial charge in [0, 0.05) is 26.3 Å². The summed E-state index contributed by atoms with van der Waals surface area (Å²) in [4.78, 5) is 13.6. The molecule has 0 aliphatic heterocycles. The summed E-state index contributed by atoms with van der Waals surface area (Å²) in [6.07, 6.45) is 7.89. The molecular weight excluding hydrogens is 260 g/mol. The molecule has 2 aliphatic rings. The van der Waals surface area contributed by atoms with Crippen LogP contribution in [0.2, 0.25) is 0 Å². The van der Waals surface area contributed by atoms with Crippen LogP contribution in [-0.2, 0) is 11.2 Å². The molecule has 2 aliphatic carbocycles. The molecule has 0 unspecified atom stereocenters. The molecule has 1 aromatic carbocycles. The van der Waals surface area contributed by atoms with E-state index in [2.05, 4.69) is 23.5 Å². The molecule has 3 nitrogen and oxygen atoms in total. The van der Waals surface area contributed by atoms with Gasteiger partial charge >= 0.3 is 0 Å². The number of carbonyl (C=O) groups is 1. The summed E-state index contributed by atoms with van der Waals surface area (Å²) in [6.45, 7) is 1.01. The Kier molecular flexibility index (Phi) is 4.00. The zero-order valence-corrected chi connectivity index (χ0v) is 12.9. The van der Waals surface area contributed by atoms with E-state index in [4.69, 9.17) is 0 Å². The maximum Gasteiger partial charge on any atom is 0.226 e. The number of allylic oxidation sites excluding steroid dienone is 2. The van der Waals surface area contributed by atoms with Crippen LogP contribution in [0.4, 0.5) is 5.69 Å². The summed E-state index contributed by atoms with van der Waals surface area (Å²) >= 11 is 0. The number of fused-ring (bicyclic) bond motifs is 2. The van der Waals surface area contributed by atoms with E-state index < -0.39 is 0 Å². The highest BCUT2D eigenvalue weighted by molar-refractivity contribution is 5.80. The first-order chi connectivity index (χ1) is 10.1. The summed E-state index contributed by atoms with van der Waals surface area (Å²) in [7, 11) is 3.61. The van der Waals surface area contributed by atoms with Gasteiger partial charge in [0.05, 0.1) is 6.42 Å². The molecule has 0 aromatic heterocycles. The fraction of sp³-hybridized carbons (Fsp3) is 0.500. The second-order valence-corrected chi connectivity index (χ2v) is 6.54. The van der Waals surface area contributed by atoms with Crippen molar-refractivity contribution < 1.29 is 4.79 Å². The fourth-order valence-electron chi connectivity index (χ4n) is 3.54. The normalized spacial score (nSPS) is 26.1. The predicted octanol–water partition coefficient (Wildman–Crippen LogP) is 2.94. The molecular formula is C18H24N2O. The molecule has 1 amide bonds. The molecule has 21 heavy (non-hydrogen) atoms. The first-order valence-electron chi connectivity index (χ1n) is 7.83. The molecule has 0 saturated heterocycles. The highest BCUT2D eigenvalue weighted by Gasteiger charge is 2.35. The summed E-state index contributed by atoms with van der Waals surface area (Å²) in [5.74, 6) is 2.47. The van der Waals surface area contributed by atoms with Crippen LogP contribution in [0.3, 0.4) is 0 Å². The Bertz CT molecular complexity index is 550. The van der Waals surface area contributed by atoms with Crippen molar-refractivity contribution in [2.45, 2.75) is 19.3 Å². The van der Waals surface area contributed by atoms with Gasteiger partial charge in [-0.2, -0.15) is 0 Å². The minimum Gasteiger partial charge on any atom is -0.385 e. The number of rotatable bonds is 5. The van der Waals surface area contributed by atoms with Crippen LogP contribution in [0.15, 0.2) is 36.4 Å². The number of likely N-dealkylation sites (N-methyl/N-ethyl adjacent to an activating group) is 1. The predicted molar refractivity (Wildman–Crippen MR) is 86.2 cm³/mol. The summed E-state index contributed by atoms with van der Waals surface area (Å²) in [5, 5.41) is 3.58. The minimum atomic E-state index is 0.145. The number of benzene rings is 1. The smallest absolute Gasteiger partial charge is 0.226 e. The topological polar surface area (TPSA) is 32.3 Å². The molecule has 112 valence electrons. The quantitative estimate of drug-likeness (QED) is 0.843. The lowest BCUT2D eigenvalue weighted by Crippen LogP contribution is -2.24. The summed E-state index contributed by atoms with van der Waals surface area (Å²) in [5.41, 5.74) is 2.20. The van der Waals surface area contributed by atoms with Crippen LogP contribution in [0, 0.1) is 17.8 Å². The second-order valence-electron chi connectivity index (χ2n) is 6.54. The molecule has 0 radical (unpaired) electrons. The van der Waals surface area contributed by atoms with Gasteiger partial charge in [0.2, 0.25) is 5.91 Å². The van der Waals surface area contributed by atoms with Gasteiger partial charge in [-0.25, -0.2) is 0 Å². The Balaban J connectivity index is 1.62. The number of hydrogen-bond acceptors (Lipinski definition) is 2. The van der Waals surface area contributed by atoms with Crippen LogP contribution in [0.25, 0.3) is 0 Å². The zero-order valence-electron chi connectivity index (χ0n) is 12.9. The van der Waals surface area contributed by atoms with Crippen LogP contribution >= 0.6 is 0 Å². The molecule has 1 fully saturated rings. The highest BCUT2D eigenvalue weighted by Crippen LogP contribution is 2.43. The van der Waals surface area contributed by atoms with Crippen LogP contribution < -0.4 is 5.32 Å². The largest absolute Gasteiger partial charge is 0.385 e. The standard InChI is InChI=1S/C18H24N2O/c1-20(2)18(21)11-15-5-3-4-6-17(15)19-12-16-10-13-7-8-14(16)9-13/h3-8,13-14,16,19H,9-12H2,1-2H3/t13-,14-,16-/m0/s1. The van der Waals surface area contributed by atoms with Gasteiger partial charge in [-0.1, -0.05) is 30.4 Å². The number of nitrogens with one attached hydrogen (secondary N) is 1. The van der Waals surface area contributed by atoms with E-state index >= 15 is 0 Å². The Labute approximate surface area is 127 Å². The number of anilines is 1. The Morgan fingerprint density at radius 1 is 1.24 bits per heavy atom. The van der Waals surface area contributed by atoms with Crippen molar-refractivity contribution >= 4 is 11.6 Å². The molecule has 3 atom stereocenters. The van der Waals surface area contributed by atoms with E-state index in [-0.39, 0.29) is 5.91 Å². The van der Waals surface area contributed by atoms with Crippen molar-refractivity contribution in [3.8, 4) is 0 Å². The van der Waals surface area contributed by atoms with E-state index in [0.29, 0.717) is 6.42 Å². The van der Waals surface area contributed by atoms with Gasteiger partial charge in [0.15, 0.2) is 0 Å². The number of para-hydroxylation sites is 1. The van der Waals surface area contributed by atoms with E-state index in [9.17, 15) is 4.79 Å². The van der Waals surface area contributed by atoms with E-state index in [1.54, 1.807) is 19.0 Å². The SMILES string of the molecule is CN(C)C(=O)Cc1ccccc1NC[C@@H]1C[C@H]2C=C[C@H]1C2. The van der Waals surface area contributed by atoms with Gasteiger partial charge in [-0.05, 0) is 42.2 Å². The molecule has 0 heterocycles. The van der Waals surface area contributed by atoms with Gasteiger partial charge in [0.25, 0.3) is 0 Å². The number of carbonyl (C=O) groups excluding carboxylic acids is 1. The lowest BCUT2D eigenvalue weighted by molar-refractivity contribution is -0.127. The second kappa shape index (κ2) is 5.92. The molecule has 3 rings (SSSR count). The van der Waals surface area contributed by atoms with Gasteiger partial charge in [-0.15, -0.1) is 0 Å². The molecule has 0 spiro atoms. The number of nitrogens with zero attached hydrogens (tertiary/aromatic N) is 1. The van der Waals surface area contributed by atoms with Gasteiger partial charge in [-0.3, -0.25) is 4.79 Å². The first-order valence-corrected chi connectivity index (χ1v) is 7.83. The third-order valence-electron chi connectivity index (χ3n) is 4.83. The third-order valence-corrected chi connectivity index (χ3v) is 4.83. The molecule has 3 heteroatoms. The van der Waals surface area contributed by atoms with Crippen molar-refractivity contribution in [1.29, 1.82) is 0 Å². The van der Waals surface area contributed by atoms with Crippen LogP contribution in [-0.4, -0.2) is 31.4 Å². The molecule has 1 N–H and O–H groups in total. The fourth-order valence-corrected chi connectivity index (χ4v) is 3.54. The molecule has 1 aromatic rings. The Morgan fingerprint density at radius 2 is 2.05 bits per heavy atom. The van der Waals surface area contributed by atoms with Crippen molar-refractivity contribution in [2.75, 3.05) is 26.0 Å². The lowest BCUT2D eigenvalue weighted by Gasteiger charge is -2.21. The van der Waals surface area contributed by atoms with Gasteiger partial charge < -0.3 is 10.2 Å². The van der Waals surface area contributed by atoms with Crippen molar-refractivity contribution in [2.24, 2.45) is 17.8 Å². The molecule has 1 saturated carbocycles. The summed E-state index contributed by atoms with van der Waals surface area (Å²) in [6, 6.07) is 8.17. The van der Waals surface area contributed by atoms with Crippen LogP contribution in [0.5, 0.6) is 0 Å². The number of amides is 1. The van der Waals surface area contributed by atoms with Gasteiger partial charge in [0.1, 0.15) is 0 Å². The summed E-state index contributed by atoms with van der Waals surface area (Å²) < 4.78 is 0. The van der Waals surface area contributed by atoms with Crippen molar-refractivity contribution in [3.63, 3.8) is 0 Å². The monoisotopic (exact) mass is 284 g/mol. The first kappa shape index (κ1) is 14.2. The maximum absolute atomic E-state index is 11.9. The zero-order chi connectivity index (χ0) is 14.8. The number of hydrogen-bond donors (Lipinski definition) is 1.